The van der Waals surface area contributed by atoms with Gasteiger partial charge < -0.3 is 20.3 Å². The number of hydrogen-bond acceptors (Lipinski definition) is 4. The van der Waals surface area contributed by atoms with Crippen molar-refractivity contribution in [2.45, 2.75) is 13.0 Å². The number of rotatable bonds is 8. The van der Waals surface area contributed by atoms with E-state index in [-0.39, 0.29) is 29.9 Å². The Balaban J connectivity index is 0.00000364. The molecule has 0 aliphatic rings. The van der Waals surface area contributed by atoms with Crippen LogP contribution in [-0.2, 0) is 6.54 Å². The first-order chi connectivity index (χ1) is 12.7. The molecule has 2 N–H and O–H groups in total. The van der Waals surface area contributed by atoms with E-state index in [0.29, 0.717) is 13.1 Å². The van der Waals surface area contributed by atoms with E-state index in [9.17, 15) is 4.79 Å². The van der Waals surface area contributed by atoms with Crippen molar-refractivity contribution in [1.29, 1.82) is 0 Å². The van der Waals surface area contributed by atoms with Crippen LogP contribution in [0.5, 0.6) is 5.75 Å². The van der Waals surface area contributed by atoms with E-state index in [1.54, 1.807) is 14.2 Å². The van der Waals surface area contributed by atoms with Crippen molar-refractivity contribution in [2.24, 2.45) is 4.99 Å². The number of nitrogens with one attached hydrogen (secondary N) is 2. The smallest absolute Gasteiger partial charge is 0.261 e. The summed E-state index contributed by atoms with van der Waals surface area (Å²) in [6.45, 7) is 2.05. The maximum atomic E-state index is 11.9. The topological polar surface area (TPSA) is 66.0 Å². The Morgan fingerprint density at radius 1 is 1.19 bits per heavy atom. The molecule has 148 valence electrons. The second-order valence-electron chi connectivity index (χ2n) is 5.73. The maximum absolute atomic E-state index is 11.9. The summed E-state index contributed by atoms with van der Waals surface area (Å²) in [5.74, 6) is 1.66. The van der Waals surface area contributed by atoms with E-state index in [4.69, 9.17) is 4.74 Å². The molecule has 0 bridgehead atoms. The molecule has 0 saturated heterocycles. The van der Waals surface area contributed by atoms with Crippen LogP contribution in [0.25, 0.3) is 0 Å². The lowest BCUT2D eigenvalue weighted by Gasteiger charge is -2.23. The molecule has 0 unspecified atom stereocenters. The number of methoxy groups -OCH3 is 1. The first-order valence-electron chi connectivity index (χ1n) is 8.51. The van der Waals surface area contributed by atoms with Crippen LogP contribution >= 0.6 is 35.3 Å². The van der Waals surface area contributed by atoms with Crippen LogP contribution in [0.1, 0.15) is 21.7 Å². The highest BCUT2D eigenvalue weighted by Crippen LogP contribution is 2.18. The third kappa shape index (κ3) is 7.37. The monoisotopic (exact) mass is 502 g/mol. The number of amides is 1. The van der Waals surface area contributed by atoms with Crippen LogP contribution in [0.15, 0.2) is 46.8 Å². The van der Waals surface area contributed by atoms with Crippen molar-refractivity contribution >= 4 is 47.2 Å². The molecule has 6 nitrogen and oxygen atoms in total. The number of hydrogen-bond donors (Lipinski definition) is 2. The number of halogens is 1. The molecule has 0 radical (unpaired) electrons. The summed E-state index contributed by atoms with van der Waals surface area (Å²) < 4.78 is 5.40. The third-order valence-corrected chi connectivity index (χ3v) is 4.71. The first-order valence-corrected chi connectivity index (χ1v) is 9.39. The summed E-state index contributed by atoms with van der Waals surface area (Å²) in [6, 6.07) is 11.7. The van der Waals surface area contributed by atoms with Gasteiger partial charge in [-0.25, -0.2) is 0 Å². The van der Waals surface area contributed by atoms with Crippen LogP contribution in [0, 0.1) is 0 Å². The molecular weight excluding hydrogens is 475 g/mol. The van der Waals surface area contributed by atoms with E-state index in [2.05, 4.69) is 15.6 Å². The van der Waals surface area contributed by atoms with Crippen molar-refractivity contribution in [3.63, 3.8) is 0 Å². The van der Waals surface area contributed by atoms with Crippen LogP contribution in [0.4, 0.5) is 0 Å². The SMILES string of the molecule is CN=C(NCCCNC(=O)c1cccs1)N(C)Cc1ccccc1OC.I. The predicted molar refractivity (Wildman–Crippen MR) is 123 cm³/mol. The van der Waals surface area contributed by atoms with Gasteiger partial charge in [-0.05, 0) is 23.9 Å². The lowest BCUT2D eigenvalue weighted by molar-refractivity contribution is 0.0957. The Bertz CT molecular complexity index is 722. The summed E-state index contributed by atoms with van der Waals surface area (Å²) in [6.07, 6.45) is 0.818. The lowest BCUT2D eigenvalue weighted by atomic mass is 10.2. The van der Waals surface area contributed by atoms with E-state index >= 15 is 0 Å². The zero-order valence-corrected chi connectivity index (χ0v) is 19.0. The largest absolute Gasteiger partial charge is 0.496 e. The zero-order valence-electron chi connectivity index (χ0n) is 15.9. The quantitative estimate of drug-likeness (QED) is 0.252. The van der Waals surface area contributed by atoms with Crippen LogP contribution in [-0.4, -0.2) is 51.1 Å². The van der Waals surface area contributed by atoms with E-state index in [0.717, 1.165) is 35.1 Å². The summed E-state index contributed by atoms with van der Waals surface area (Å²) in [5, 5.41) is 8.15. The number of nitrogens with zero attached hydrogens (tertiary/aromatic N) is 2. The Kier molecular flexibility index (Phi) is 10.8. The van der Waals surface area contributed by atoms with Gasteiger partial charge in [-0.1, -0.05) is 24.3 Å². The number of carbonyl (C=O) groups is 1. The number of para-hydroxylation sites is 1. The normalized spacial score (nSPS) is 10.7. The average Bonchev–Trinajstić information content (AvgIpc) is 3.19. The fourth-order valence-corrected chi connectivity index (χ4v) is 3.17. The van der Waals surface area contributed by atoms with Gasteiger partial charge >= 0.3 is 0 Å². The summed E-state index contributed by atoms with van der Waals surface area (Å²) >= 11 is 1.45. The minimum Gasteiger partial charge on any atom is -0.496 e. The Morgan fingerprint density at radius 3 is 2.59 bits per heavy atom. The number of thiophene rings is 1. The molecule has 0 spiro atoms. The van der Waals surface area contributed by atoms with Gasteiger partial charge in [0, 0.05) is 39.3 Å². The molecule has 0 saturated carbocycles. The Hall–Kier alpha value is -1.81. The van der Waals surface area contributed by atoms with Gasteiger partial charge in [0.05, 0.1) is 12.0 Å². The predicted octanol–water partition coefficient (Wildman–Crippen LogP) is 3.20. The van der Waals surface area contributed by atoms with Crippen LogP contribution < -0.4 is 15.4 Å². The highest BCUT2D eigenvalue weighted by molar-refractivity contribution is 14.0. The second kappa shape index (κ2) is 12.6. The Morgan fingerprint density at radius 2 is 1.93 bits per heavy atom. The fraction of sp³-hybridized carbons (Fsp3) is 0.368. The lowest BCUT2D eigenvalue weighted by Crippen LogP contribution is -2.39. The number of carbonyl (C=O) groups excluding carboxylic acids is 1. The van der Waals surface area contributed by atoms with Crippen LogP contribution in [0.3, 0.4) is 0 Å². The highest BCUT2D eigenvalue weighted by Gasteiger charge is 2.10. The van der Waals surface area contributed by atoms with Crippen molar-refractivity contribution in [3.8, 4) is 5.75 Å². The van der Waals surface area contributed by atoms with Gasteiger partial charge in [0.25, 0.3) is 5.91 Å². The van der Waals surface area contributed by atoms with Gasteiger partial charge in [-0.15, -0.1) is 35.3 Å². The summed E-state index contributed by atoms with van der Waals surface area (Å²) in [7, 11) is 5.43. The molecule has 1 aromatic carbocycles. The molecular formula is C19H27IN4O2S. The number of ether oxygens (including phenoxy) is 1. The van der Waals surface area contributed by atoms with Gasteiger partial charge in [-0.3, -0.25) is 9.79 Å². The maximum Gasteiger partial charge on any atom is 0.261 e. The van der Waals surface area contributed by atoms with E-state index in [1.807, 2.05) is 53.7 Å². The molecule has 1 aromatic heterocycles. The molecule has 27 heavy (non-hydrogen) atoms. The third-order valence-electron chi connectivity index (χ3n) is 3.84. The standard InChI is InChI=1S/C19H26N4O2S.HI/c1-20-19(23(2)14-15-8-4-5-9-16(15)25-3)22-12-7-11-21-18(24)17-10-6-13-26-17;/h4-6,8-10,13H,7,11-12,14H2,1-3H3,(H,20,22)(H,21,24);1H. The molecule has 8 heteroatoms. The van der Waals surface area contributed by atoms with Gasteiger partial charge in [0.15, 0.2) is 5.96 Å². The van der Waals surface area contributed by atoms with E-state index in [1.165, 1.54) is 11.3 Å². The average molecular weight is 502 g/mol. The molecule has 1 heterocycles. The van der Waals surface area contributed by atoms with Crippen molar-refractivity contribution in [2.75, 3.05) is 34.3 Å². The van der Waals surface area contributed by atoms with Gasteiger partial charge in [0.2, 0.25) is 0 Å². The second-order valence-corrected chi connectivity index (χ2v) is 6.68. The summed E-state index contributed by atoms with van der Waals surface area (Å²) in [5.41, 5.74) is 1.10. The molecule has 2 aromatic rings. The summed E-state index contributed by atoms with van der Waals surface area (Å²) in [4.78, 5) is 19.0. The number of benzene rings is 1. The van der Waals surface area contributed by atoms with Crippen LogP contribution in [0.2, 0.25) is 0 Å². The Labute approximate surface area is 182 Å². The number of aliphatic imine (C=N–C) groups is 1. The van der Waals surface area contributed by atoms with Crippen molar-refractivity contribution in [1.82, 2.24) is 15.5 Å². The molecule has 0 fully saturated rings. The molecule has 0 aliphatic heterocycles. The molecule has 1 amide bonds. The molecule has 0 aliphatic carbocycles. The van der Waals surface area contributed by atoms with Gasteiger partial charge in [0.1, 0.15) is 5.75 Å². The first kappa shape index (κ1) is 23.2. The number of guanidine groups is 1. The molecule has 2 rings (SSSR count). The highest BCUT2D eigenvalue weighted by atomic mass is 127. The minimum absolute atomic E-state index is 0. The molecule has 0 atom stereocenters. The fourth-order valence-electron chi connectivity index (χ4n) is 2.53. The van der Waals surface area contributed by atoms with E-state index < -0.39 is 0 Å². The van der Waals surface area contributed by atoms with Crippen molar-refractivity contribution < 1.29 is 9.53 Å². The van der Waals surface area contributed by atoms with Gasteiger partial charge in [-0.2, -0.15) is 0 Å². The zero-order chi connectivity index (χ0) is 18.8. The minimum atomic E-state index is -0.0160. The van der Waals surface area contributed by atoms with Crippen molar-refractivity contribution in [3.05, 3.63) is 52.2 Å².